The van der Waals surface area contributed by atoms with Gasteiger partial charge in [0.25, 0.3) is 0 Å². The quantitative estimate of drug-likeness (QED) is 0.588. The van der Waals surface area contributed by atoms with E-state index >= 15 is 0 Å². The molecule has 0 rings (SSSR count). The lowest BCUT2D eigenvalue weighted by atomic mass is 10.5. The van der Waals surface area contributed by atoms with E-state index in [9.17, 15) is 4.21 Å². The van der Waals surface area contributed by atoms with Gasteiger partial charge in [-0.25, -0.2) is 0 Å². The maximum atomic E-state index is 10.9. The van der Waals surface area contributed by atoms with E-state index in [1.54, 1.807) is 0 Å². The van der Waals surface area contributed by atoms with Gasteiger partial charge in [-0.15, -0.1) is 0 Å². The topological polar surface area (TPSA) is 52.9 Å². The molecule has 0 amide bonds. The summed E-state index contributed by atoms with van der Waals surface area (Å²) in [5, 5.41) is 11.2. The van der Waals surface area contributed by atoms with E-state index in [2.05, 4.69) is 5.32 Å². The normalized spacial score (nSPS) is 12.4. The summed E-state index contributed by atoms with van der Waals surface area (Å²) in [5.74, 6) is 1.42. The van der Waals surface area contributed by atoms with Gasteiger partial charge in [0.05, 0.1) is 6.07 Å². The van der Waals surface area contributed by atoms with Gasteiger partial charge in [-0.1, -0.05) is 6.92 Å². The Labute approximate surface area is 70.2 Å². The van der Waals surface area contributed by atoms with Crippen LogP contribution < -0.4 is 5.32 Å². The molecule has 0 aliphatic heterocycles. The molecule has 0 aromatic carbocycles. The molecular formula is C7H14N2OS. The van der Waals surface area contributed by atoms with Crippen molar-refractivity contribution in [1.82, 2.24) is 5.32 Å². The lowest BCUT2D eigenvalue weighted by Gasteiger charge is -1.99. The lowest BCUT2D eigenvalue weighted by molar-refractivity contribution is 0.675. The molecule has 0 bridgehead atoms. The second-order valence-electron chi connectivity index (χ2n) is 2.09. The van der Waals surface area contributed by atoms with Crippen LogP contribution in [0.4, 0.5) is 0 Å². The maximum absolute atomic E-state index is 10.9. The first-order valence-electron chi connectivity index (χ1n) is 3.74. The highest BCUT2D eigenvalue weighted by Crippen LogP contribution is 1.79. The van der Waals surface area contributed by atoms with Crippen molar-refractivity contribution < 1.29 is 4.21 Å². The number of nitrogens with one attached hydrogen (secondary N) is 1. The Hall–Kier alpha value is -0.400. The van der Waals surface area contributed by atoms with Gasteiger partial charge in [0.15, 0.2) is 0 Å². The molecule has 0 fully saturated rings. The van der Waals surface area contributed by atoms with Gasteiger partial charge in [0.2, 0.25) is 0 Å². The van der Waals surface area contributed by atoms with Crippen LogP contribution in [0.15, 0.2) is 0 Å². The Morgan fingerprint density at radius 1 is 1.55 bits per heavy atom. The molecular weight excluding hydrogens is 160 g/mol. The molecule has 0 heterocycles. The second-order valence-corrected chi connectivity index (χ2v) is 3.96. The Morgan fingerprint density at radius 2 is 2.27 bits per heavy atom. The molecule has 4 heteroatoms. The highest BCUT2D eigenvalue weighted by atomic mass is 32.2. The molecule has 0 radical (unpaired) electrons. The van der Waals surface area contributed by atoms with Crippen LogP contribution in [-0.4, -0.2) is 28.8 Å². The van der Waals surface area contributed by atoms with Crippen LogP contribution in [0.1, 0.15) is 13.3 Å². The monoisotopic (exact) mass is 174 g/mol. The Morgan fingerprint density at radius 3 is 2.82 bits per heavy atom. The predicted molar refractivity (Wildman–Crippen MR) is 46.7 cm³/mol. The van der Waals surface area contributed by atoms with E-state index in [1.165, 1.54) is 0 Å². The summed E-state index contributed by atoms with van der Waals surface area (Å²) in [5.41, 5.74) is 0. The van der Waals surface area contributed by atoms with Crippen molar-refractivity contribution in [3.63, 3.8) is 0 Å². The number of hydrogen-bond acceptors (Lipinski definition) is 3. The predicted octanol–water partition coefficient (Wildman–Crippen LogP) is 0.258. The zero-order valence-electron chi connectivity index (χ0n) is 6.80. The molecule has 1 unspecified atom stereocenters. The molecule has 0 aliphatic rings. The SMILES string of the molecule is CCS(=O)CCNCCC#N. The fraction of sp³-hybridized carbons (Fsp3) is 0.857. The average Bonchev–Trinajstić information content (AvgIpc) is 2.04. The van der Waals surface area contributed by atoms with Crippen molar-refractivity contribution in [1.29, 1.82) is 5.26 Å². The zero-order chi connectivity index (χ0) is 8.53. The first-order valence-corrected chi connectivity index (χ1v) is 5.22. The van der Waals surface area contributed by atoms with Crippen molar-refractivity contribution in [2.24, 2.45) is 0 Å². The van der Waals surface area contributed by atoms with Crippen molar-refractivity contribution in [2.75, 3.05) is 24.6 Å². The van der Waals surface area contributed by atoms with Crippen molar-refractivity contribution in [2.45, 2.75) is 13.3 Å². The molecule has 0 aromatic heterocycles. The fourth-order valence-electron chi connectivity index (χ4n) is 0.600. The summed E-state index contributed by atoms with van der Waals surface area (Å²) >= 11 is 0. The average molecular weight is 174 g/mol. The minimum atomic E-state index is -0.678. The van der Waals surface area contributed by atoms with Crippen molar-refractivity contribution in [3.8, 4) is 6.07 Å². The zero-order valence-corrected chi connectivity index (χ0v) is 7.62. The molecule has 11 heavy (non-hydrogen) atoms. The molecule has 64 valence electrons. The van der Waals surface area contributed by atoms with Gasteiger partial charge < -0.3 is 5.32 Å². The van der Waals surface area contributed by atoms with Gasteiger partial charge in [-0.2, -0.15) is 5.26 Å². The van der Waals surface area contributed by atoms with E-state index in [-0.39, 0.29) is 0 Å². The molecule has 0 aromatic rings. The third kappa shape index (κ3) is 7.50. The molecule has 1 atom stereocenters. The van der Waals surface area contributed by atoms with E-state index in [4.69, 9.17) is 5.26 Å². The number of hydrogen-bond donors (Lipinski definition) is 1. The van der Waals surface area contributed by atoms with Gasteiger partial charge in [-0.05, 0) is 0 Å². The van der Waals surface area contributed by atoms with Crippen LogP contribution in [0.3, 0.4) is 0 Å². The molecule has 1 N–H and O–H groups in total. The van der Waals surface area contributed by atoms with Crippen LogP contribution in [0, 0.1) is 11.3 Å². The van der Waals surface area contributed by atoms with Crippen LogP contribution in [0.5, 0.6) is 0 Å². The van der Waals surface area contributed by atoms with E-state index in [1.807, 2.05) is 13.0 Å². The molecule has 0 aliphatic carbocycles. The standard InChI is InChI=1S/C7H14N2OS/c1-2-11(10)7-6-9-5-3-4-8/h9H,2-3,5-7H2,1H3. The third-order valence-corrected chi connectivity index (χ3v) is 2.55. The van der Waals surface area contributed by atoms with Gasteiger partial charge in [-0.3, -0.25) is 4.21 Å². The van der Waals surface area contributed by atoms with E-state index in [0.717, 1.165) is 12.3 Å². The first kappa shape index (κ1) is 10.6. The Kier molecular flexibility index (Phi) is 7.42. The van der Waals surface area contributed by atoms with Crippen LogP contribution in [-0.2, 0) is 10.8 Å². The largest absolute Gasteiger partial charge is 0.315 e. The smallest absolute Gasteiger partial charge is 0.0635 e. The number of nitriles is 1. The van der Waals surface area contributed by atoms with Crippen LogP contribution >= 0.6 is 0 Å². The van der Waals surface area contributed by atoms with Crippen LogP contribution in [0.2, 0.25) is 0 Å². The Balaban J connectivity index is 3.03. The maximum Gasteiger partial charge on any atom is 0.0635 e. The molecule has 0 saturated heterocycles. The summed E-state index contributed by atoms with van der Waals surface area (Å²) in [6.45, 7) is 3.37. The van der Waals surface area contributed by atoms with Crippen LogP contribution in [0.25, 0.3) is 0 Å². The second kappa shape index (κ2) is 7.70. The molecule has 0 spiro atoms. The van der Waals surface area contributed by atoms with Gasteiger partial charge in [0, 0.05) is 41.8 Å². The summed E-state index contributed by atoms with van der Waals surface area (Å²) < 4.78 is 10.9. The summed E-state index contributed by atoms with van der Waals surface area (Å²) in [6, 6.07) is 2.03. The highest BCUT2D eigenvalue weighted by molar-refractivity contribution is 7.84. The first-order chi connectivity index (χ1) is 5.31. The van der Waals surface area contributed by atoms with E-state index in [0.29, 0.717) is 18.7 Å². The summed E-state index contributed by atoms with van der Waals surface area (Å²) in [4.78, 5) is 0. The fourth-order valence-corrected chi connectivity index (χ4v) is 1.26. The number of nitrogens with zero attached hydrogens (tertiary/aromatic N) is 1. The highest BCUT2D eigenvalue weighted by Gasteiger charge is 1.93. The van der Waals surface area contributed by atoms with Crippen molar-refractivity contribution >= 4 is 10.8 Å². The van der Waals surface area contributed by atoms with Crippen molar-refractivity contribution in [3.05, 3.63) is 0 Å². The lowest BCUT2D eigenvalue weighted by Crippen LogP contribution is -2.21. The third-order valence-electron chi connectivity index (χ3n) is 1.24. The molecule has 0 saturated carbocycles. The Bertz CT molecular complexity index is 153. The van der Waals surface area contributed by atoms with E-state index < -0.39 is 10.8 Å². The van der Waals surface area contributed by atoms with Gasteiger partial charge >= 0.3 is 0 Å². The summed E-state index contributed by atoms with van der Waals surface area (Å²) in [6.07, 6.45) is 0.527. The van der Waals surface area contributed by atoms with Gasteiger partial charge in [0.1, 0.15) is 0 Å². The number of rotatable bonds is 6. The molecule has 3 nitrogen and oxygen atoms in total. The minimum absolute atomic E-state index is 0.527. The minimum Gasteiger partial charge on any atom is -0.315 e. The summed E-state index contributed by atoms with van der Waals surface area (Å²) in [7, 11) is -0.678.